The van der Waals surface area contributed by atoms with E-state index in [0.29, 0.717) is 0 Å². The monoisotopic (exact) mass is 216 g/mol. The van der Waals surface area contributed by atoms with Crippen LogP contribution in [0.2, 0.25) is 10.0 Å². The third kappa shape index (κ3) is 4.02. The molecule has 1 aromatic carbocycles. The first-order valence-corrected chi connectivity index (χ1v) is 5.28. The smallest absolute Gasteiger partial charge is 0.0423 e. The van der Waals surface area contributed by atoms with Crippen molar-refractivity contribution in [2.75, 3.05) is 0 Å². The summed E-state index contributed by atoms with van der Waals surface area (Å²) >= 11 is 11.8. The van der Waals surface area contributed by atoms with Crippen molar-refractivity contribution in [1.29, 1.82) is 0 Å². The average molecular weight is 217 g/mol. The Bertz CT molecular complexity index is 259. The van der Waals surface area contributed by atoms with E-state index in [0.717, 1.165) is 22.4 Å². The fraction of sp³-hybridized carbons (Fsp3) is 0.455. The Morgan fingerprint density at radius 1 is 1.08 bits per heavy atom. The van der Waals surface area contributed by atoms with E-state index in [2.05, 4.69) is 13.8 Å². The van der Waals surface area contributed by atoms with E-state index in [1.54, 1.807) is 6.07 Å². The summed E-state index contributed by atoms with van der Waals surface area (Å²) in [5.41, 5.74) is 1.23. The number of rotatable bonds is 3. The highest BCUT2D eigenvalue weighted by Crippen LogP contribution is 2.20. The fourth-order valence-corrected chi connectivity index (χ4v) is 1.78. The van der Waals surface area contributed by atoms with E-state index >= 15 is 0 Å². The molecule has 0 N–H and O–H groups in total. The van der Waals surface area contributed by atoms with E-state index in [-0.39, 0.29) is 0 Å². The predicted octanol–water partition coefficient (Wildman–Crippen LogP) is 4.58. The molecule has 2 heteroatoms. The Kier molecular flexibility index (Phi) is 4.08. The van der Waals surface area contributed by atoms with Crippen LogP contribution in [0.1, 0.15) is 25.8 Å². The van der Waals surface area contributed by atoms with Crippen LogP contribution >= 0.6 is 23.2 Å². The van der Waals surface area contributed by atoms with E-state index in [1.165, 1.54) is 12.0 Å². The van der Waals surface area contributed by atoms with Gasteiger partial charge in [0.2, 0.25) is 0 Å². The first-order valence-electron chi connectivity index (χ1n) is 4.53. The molecule has 0 fully saturated rings. The second kappa shape index (κ2) is 4.88. The molecule has 1 aromatic rings. The van der Waals surface area contributed by atoms with Crippen molar-refractivity contribution >= 4 is 23.2 Å². The molecule has 0 unspecified atom stereocenters. The van der Waals surface area contributed by atoms with E-state index in [9.17, 15) is 0 Å². The van der Waals surface area contributed by atoms with Crippen LogP contribution in [0.3, 0.4) is 0 Å². The lowest BCUT2D eigenvalue weighted by Gasteiger charge is -2.05. The molecule has 0 amide bonds. The highest BCUT2D eigenvalue weighted by molar-refractivity contribution is 6.34. The molecule has 0 nitrogen and oxygen atoms in total. The molecule has 0 saturated heterocycles. The lowest BCUT2D eigenvalue weighted by Crippen LogP contribution is -1.91. The molecule has 72 valence electrons. The lowest BCUT2D eigenvalue weighted by atomic mass is 10.0. The summed E-state index contributed by atoms with van der Waals surface area (Å²) in [6.45, 7) is 4.43. The van der Waals surface area contributed by atoms with Crippen molar-refractivity contribution in [3.8, 4) is 0 Å². The molecule has 13 heavy (non-hydrogen) atoms. The largest absolute Gasteiger partial charge is 0.0843 e. The SMILES string of the molecule is CC(C)CCc1cc(Cl)cc(Cl)c1. The topological polar surface area (TPSA) is 0 Å². The quantitative estimate of drug-likeness (QED) is 0.694. The number of hydrogen-bond donors (Lipinski definition) is 0. The molecule has 0 radical (unpaired) electrons. The highest BCUT2D eigenvalue weighted by Gasteiger charge is 2.00. The van der Waals surface area contributed by atoms with Gasteiger partial charge in [0.1, 0.15) is 0 Å². The molecular weight excluding hydrogens is 203 g/mol. The van der Waals surface area contributed by atoms with Crippen LogP contribution in [0.4, 0.5) is 0 Å². The third-order valence-electron chi connectivity index (χ3n) is 1.93. The normalized spacial score (nSPS) is 10.8. The van der Waals surface area contributed by atoms with Crippen LogP contribution < -0.4 is 0 Å². The molecule has 0 aliphatic carbocycles. The molecule has 0 heterocycles. The maximum absolute atomic E-state index is 5.88. The Hall–Kier alpha value is -0.200. The summed E-state index contributed by atoms with van der Waals surface area (Å²) in [7, 11) is 0. The maximum Gasteiger partial charge on any atom is 0.0423 e. The summed E-state index contributed by atoms with van der Waals surface area (Å²) in [6.07, 6.45) is 2.23. The third-order valence-corrected chi connectivity index (χ3v) is 2.37. The van der Waals surface area contributed by atoms with Crippen LogP contribution in [0.5, 0.6) is 0 Å². The number of halogens is 2. The lowest BCUT2D eigenvalue weighted by molar-refractivity contribution is 0.587. The summed E-state index contributed by atoms with van der Waals surface area (Å²) in [4.78, 5) is 0. The Morgan fingerprint density at radius 2 is 1.62 bits per heavy atom. The molecule has 0 spiro atoms. The molecular formula is C11H14Cl2. The van der Waals surface area contributed by atoms with Crippen LogP contribution in [0.15, 0.2) is 18.2 Å². The Balaban J connectivity index is 2.66. The second-order valence-corrected chi connectivity index (χ2v) is 4.58. The van der Waals surface area contributed by atoms with Crippen LogP contribution in [0, 0.1) is 5.92 Å². The Labute approximate surface area is 89.9 Å². The molecule has 0 aliphatic rings. The highest BCUT2D eigenvalue weighted by atomic mass is 35.5. The second-order valence-electron chi connectivity index (χ2n) is 3.71. The van der Waals surface area contributed by atoms with E-state index in [4.69, 9.17) is 23.2 Å². The van der Waals surface area contributed by atoms with Gasteiger partial charge in [-0.15, -0.1) is 0 Å². The van der Waals surface area contributed by atoms with Crippen LogP contribution in [0.25, 0.3) is 0 Å². The van der Waals surface area contributed by atoms with Crippen molar-refractivity contribution in [3.05, 3.63) is 33.8 Å². The van der Waals surface area contributed by atoms with Crippen molar-refractivity contribution in [3.63, 3.8) is 0 Å². The number of hydrogen-bond acceptors (Lipinski definition) is 0. The first kappa shape index (κ1) is 10.9. The zero-order chi connectivity index (χ0) is 9.84. The van der Waals surface area contributed by atoms with Crippen LogP contribution in [-0.4, -0.2) is 0 Å². The van der Waals surface area contributed by atoms with Gasteiger partial charge in [0, 0.05) is 10.0 Å². The van der Waals surface area contributed by atoms with Gasteiger partial charge in [-0.2, -0.15) is 0 Å². The van der Waals surface area contributed by atoms with Gasteiger partial charge < -0.3 is 0 Å². The van der Waals surface area contributed by atoms with Gasteiger partial charge in [-0.05, 0) is 42.5 Å². The summed E-state index contributed by atoms with van der Waals surface area (Å²) in [6, 6.07) is 5.73. The zero-order valence-electron chi connectivity index (χ0n) is 7.98. The van der Waals surface area contributed by atoms with Gasteiger partial charge in [-0.25, -0.2) is 0 Å². The summed E-state index contributed by atoms with van der Waals surface area (Å²) in [5, 5.41) is 1.46. The average Bonchev–Trinajstić information content (AvgIpc) is 1.99. The first-order chi connectivity index (χ1) is 6.08. The Morgan fingerprint density at radius 3 is 2.08 bits per heavy atom. The molecule has 0 bridgehead atoms. The predicted molar refractivity (Wildman–Crippen MR) is 59.6 cm³/mol. The van der Waals surface area contributed by atoms with Crippen molar-refractivity contribution < 1.29 is 0 Å². The molecule has 0 aliphatic heterocycles. The molecule has 0 atom stereocenters. The van der Waals surface area contributed by atoms with Gasteiger partial charge in [-0.3, -0.25) is 0 Å². The molecule has 0 saturated carbocycles. The summed E-state index contributed by atoms with van der Waals surface area (Å²) in [5.74, 6) is 0.720. The van der Waals surface area contributed by atoms with Gasteiger partial charge in [-0.1, -0.05) is 37.0 Å². The molecule has 0 aromatic heterocycles. The van der Waals surface area contributed by atoms with Crippen molar-refractivity contribution in [1.82, 2.24) is 0 Å². The maximum atomic E-state index is 5.88. The minimum atomic E-state index is 0.720. The fourth-order valence-electron chi connectivity index (χ4n) is 1.21. The van der Waals surface area contributed by atoms with Gasteiger partial charge in [0.25, 0.3) is 0 Å². The number of benzene rings is 1. The van der Waals surface area contributed by atoms with Gasteiger partial charge in [0.15, 0.2) is 0 Å². The van der Waals surface area contributed by atoms with E-state index in [1.807, 2.05) is 12.1 Å². The van der Waals surface area contributed by atoms with E-state index < -0.39 is 0 Å². The van der Waals surface area contributed by atoms with Gasteiger partial charge >= 0.3 is 0 Å². The number of aryl methyl sites for hydroxylation is 1. The van der Waals surface area contributed by atoms with Crippen molar-refractivity contribution in [2.24, 2.45) is 5.92 Å². The summed E-state index contributed by atoms with van der Waals surface area (Å²) < 4.78 is 0. The molecule has 1 rings (SSSR count). The minimum absolute atomic E-state index is 0.720. The van der Waals surface area contributed by atoms with Crippen LogP contribution in [-0.2, 0) is 6.42 Å². The standard InChI is InChI=1S/C11H14Cl2/c1-8(2)3-4-9-5-10(12)7-11(13)6-9/h5-8H,3-4H2,1-2H3. The minimum Gasteiger partial charge on any atom is -0.0843 e. The zero-order valence-corrected chi connectivity index (χ0v) is 9.49. The van der Waals surface area contributed by atoms with Gasteiger partial charge in [0.05, 0.1) is 0 Å². The van der Waals surface area contributed by atoms with Crippen molar-refractivity contribution in [2.45, 2.75) is 26.7 Å².